The van der Waals surface area contributed by atoms with Crippen LogP contribution in [-0.2, 0) is 23.8 Å². The Labute approximate surface area is 141 Å². The van der Waals surface area contributed by atoms with Gasteiger partial charge in [0.25, 0.3) is 0 Å². The van der Waals surface area contributed by atoms with E-state index in [1.807, 2.05) is 19.1 Å². The summed E-state index contributed by atoms with van der Waals surface area (Å²) in [7, 11) is 2.51. The SMILES string of the molecule is COC(=O)C1=C(C(=O)OC)N(c2c(C)ccc3nsnc23)COC1. The Balaban J connectivity index is 2.24. The van der Waals surface area contributed by atoms with E-state index in [0.717, 1.165) is 17.3 Å². The van der Waals surface area contributed by atoms with Crippen molar-refractivity contribution in [3.63, 3.8) is 0 Å². The molecule has 1 aliphatic rings. The van der Waals surface area contributed by atoms with Crippen molar-refractivity contribution < 1.29 is 23.8 Å². The van der Waals surface area contributed by atoms with Crippen LogP contribution in [0.2, 0.25) is 0 Å². The first-order valence-corrected chi connectivity index (χ1v) is 7.78. The van der Waals surface area contributed by atoms with E-state index >= 15 is 0 Å². The summed E-state index contributed by atoms with van der Waals surface area (Å²) in [5, 5.41) is 0. The largest absolute Gasteiger partial charge is 0.466 e. The smallest absolute Gasteiger partial charge is 0.355 e. The molecule has 0 bridgehead atoms. The van der Waals surface area contributed by atoms with E-state index in [-0.39, 0.29) is 24.6 Å². The van der Waals surface area contributed by atoms with Crippen molar-refractivity contribution in [2.75, 3.05) is 32.5 Å². The molecule has 0 unspecified atom stereocenters. The molecule has 0 amide bonds. The number of aromatic nitrogens is 2. The van der Waals surface area contributed by atoms with Gasteiger partial charge < -0.3 is 19.1 Å². The monoisotopic (exact) mass is 349 g/mol. The van der Waals surface area contributed by atoms with Crippen LogP contribution in [0.4, 0.5) is 5.69 Å². The number of benzene rings is 1. The third-order valence-electron chi connectivity index (χ3n) is 3.71. The fourth-order valence-corrected chi connectivity index (χ4v) is 3.14. The van der Waals surface area contributed by atoms with Crippen LogP contribution in [0.15, 0.2) is 23.4 Å². The lowest BCUT2D eigenvalue weighted by atomic mass is 10.1. The van der Waals surface area contributed by atoms with Crippen LogP contribution in [0.25, 0.3) is 11.0 Å². The summed E-state index contributed by atoms with van der Waals surface area (Å²) < 4.78 is 23.6. The van der Waals surface area contributed by atoms with Crippen molar-refractivity contribution in [3.8, 4) is 0 Å². The minimum atomic E-state index is -0.640. The van der Waals surface area contributed by atoms with Gasteiger partial charge in [-0.3, -0.25) is 0 Å². The highest BCUT2D eigenvalue weighted by atomic mass is 32.1. The molecule has 1 aromatic heterocycles. The third kappa shape index (κ3) is 2.61. The molecule has 126 valence electrons. The summed E-state index contributed by atoms with van der Waals surface area (Å²) in [5.74, 6) is -1.28. The number of hydrogen-bond donors (Lipinski definition) is 0. The molecule has 0 atom stereocenters. The van der Waals surface area contributed by atoms with Gasteiger partial charge in [-0.1, -0.05) is 6.07 Å². The molecule has 8 nitrogen and oxygen atoms in total. The van der Waals surface area contributed by atoms with Crippen LogP contribution in [0.3, 0.4) is 0 Å². The van der Waals surface area contributed by atoms with Gasteiger partial charge in [-0.05, 0) is 18.6 Å². The lowest BCUT2D eigenvalue weighted by Crippen LogP contribution is -2.39. The summed E-state index contributed by atoms with van der Waals surface area (Å²) in [4.78, 5) is 26.0. The number of nitrogens with zero attached hydrogens (tertiary/aromatic N) is 3. The number of anilines is 1. The number of fused-ring (bicyclic) bond motifs is 1. The molecule has 0 radical (unpaired) electrons. The summed E-state index contributed by atoms with van der Waals surface area (Å²) in [6.45, 7) is 1.94. The zero-order valence-electron chi connectivity index (χ0n) is 13.4. The number of hydrogen-bond acceptors (Lipinski definition) is 9. The van der Waals surface area contributed by atoms with Gasteiger partial charge in [-0.2, -0.15) is 8.75 Å². The molecular formula is C15H15N3O5S. The first-order valence-electron chi connectivity index (χ1n) is 7.05. The zero-order valence-corrected chi connectivity index (χ0v) is 14.2. The standard InChI is InChI=1S/C15H15N3O5S/c1-8-4-5-10-11(17-24-16-10)12(8)18-7-23-6-9(14(19)21-2)13(18)15(20)22-3/h4-5H,6-7H2,1-3H3. The van der Waals surface area contributed by atoms with Crippen LogP contribution in [0.5, 0.6) is 0 Å². The van der Waals surface area contributed by atoms with Crippen molar-refractivity contribution in [2.45, 2.75) is 6.92 Å². The van der Waals surface area contributed by atoms with Gasteiger partial charge in [0.2, 0.25) is 0 Å². The highest BCUT2D eigenvalue weighted by molar-refractivity contribution is 7.00. The van der Waals surface area contributed by atoms with E-state index in [2.05, 4.69) is 8.75 Å². The van der Waals surface area contributed by atoms with Crippen LogP contribution in [-0.4, -0.2) is 48.2 Å². The predicted octanol–water partition coefficient (Wildman–Crippen LogP) is 1.39. The Morgan fingerprint density at radius 3 is 2.67 bits per heavy atom. The second-order valence-corrected chi connectivity index (χ2v) is 5.61. The highest BCUT2D eigenvalue weighted by Gasteiger charge is 2.34. The van der Waals surface area contributed by atoms with Crippen molar-refractivity contribution in [2.24, 2.45) is 0 Å². The second kappa shape index (κ2) is 6.54. The quantitative estimate of drug-likeness (QED) is 0.768. The summed E-state index contributed by atoms with van der Waals surface area (Å²) in [6, 6.07) is 3.73. The minimum absolute atomic E-state index is 0.0298. The maximum atomic E-state index is 12.3. The molecule has 0 saturated carbocycles. The molecule has 2 aromatic rings. The van der Waals surface area contributed by atoms with Gasteiger partial charge in [-0.15, -0.1) is 0 Å². The van der Waals surface area contributed by atoms with Gasteiger partial charge in [0.15, 0.2) is 0 Å². The van der Waals surface area contributed by atoms with Crippen LogP contribution in [0.1, 0.15) is 5.56 Å². The summed E-state index contributed by atoms with van der Waals surface area (Å²) >= 11 is 1.08. The maximum absolute atomic E-state index is 12.3. The molecule has 0 N–H and O–H groups in total. The molecule has 0 aliphatic carbocycles. The van der Waals surface area contributed by atoms with Gasteiger partial charge in [0, 0.05) is 0 Å². The highest BCUT2D eigenvalue weighted by Crippen LogP contribution is 2.34. The van der Waals surface area contributed by atoms with Crippen molar-refractivity contribution >= 4 is 40.4 Å². The van der Waals surface area contributed by atoms with E-state index in [1.165, 1.54) is 14.2 Å². The lowest BCUT2D eigenvalue weighted by Gasteiger charge is -2.32. The summed E-state index contributed by atoms with van der Waals surface area (Å²) in [5.41, 5.74) is 3.06. The van der Waals surface area contributed by atoms with E-state index in [4.69, 9.17) is 14.2 Å². The Morgan fingerprint density at radius 1 is 1.21 bits per heavy atom. The normalized spacial score (nSPS) is 14.9. The van der Waals surface area contributed by atoms with E-state index < -0.39 is 11.9 Å². The Hall–Kier alpha value is -2.52. The first kappa shape index (κ1) is 16.3. The van der Waals surface area contributed by atoms with Crippen molar-refractivity contribution in [3.05, 3.63) is 29.0 Å². The number of aryl methyl sites for hydroxylation is 1. The Bertz CT molecular complexity index is 845. The molecule has 3 rings (SSSR count). The van der Waals surface area contributed by atoms with Gasteiger partial charge in [-0.25, -0.2) is 9.59 Å². The van der Waals surface area contributed by atoms with Crippen molar-refractivity contribution in [1.29, 1.82) is 0 Å². The Kier molecular flexibility index (Phi) is 4.45. The molecule has 1 aliphatic heterocycles. The van der Waals surface area contributed by atoms with Gasteiger partial charge in [0.05, 0.1) is 43.8 Å². The number of carbonyl (C=O) groups excluding carboxylic acids is 2. The zero-order chi connectivity index (χ0) is 17.3. The van der Waals surface area contributed by atoms with Gasteiger partial charge >= 0.3 is 11.9 Å². The molecule has 24 heavy (non-hydrogen) atoms. The molecule has 0 fully saturated rings. The fourth-order valence-electron chi connectivity index (χ4n) is 2.60. The number of ether oxygens (including phenoxy) is 3. The van der Waals surface area contributed by atoms with Crippen LogP contribution in [0, 0.1) is 6.92 Å². The Morgan fingerprint density at radius 2 is 1.96 bits per heavy atom. The fraction of sp³-hybridized carbons (Fsp3) is 0.333. The molecule has 0 spiro atoms. The molecule has 0 saturated heterocycles. The second-order valence-electron chi connectivity index (χ2n) is 5.08. The molecule has 2 heterocycles. The molecule has 1 aromatic carbocycles. The molecule has 9 heteroatoms. The molecular weight excluding hydrogens is 334 g/mol. The number of esters is 2. The topological polar surface area (TPSA) is 90.9 Å². The van der Waals surface area contributed by atoms with E-state index in [1.54, 1.807) is 4.90 Å². The van der Waals surface area contributed by atoms with E-state index in [9.17, 15) is 9.59 Å². The average Bonchev–Trinajstić information content (AvgIpc) is 3.08. The van der Waals surface area contributed by atoms with Crippen LogP contribution < -0.4 is 4.90 Å². The lowest BCUT2D eigenvalue weighted by molar-refractivity contribution is -0.140. The maximum Gasteiger partial charge on any atom is 0.355 e. The minimum Gasteiger partial charge on any atom is -0.466 e. The van der Waals surface area contributed by atoms with Crippen molar-refractivity contribution in [1.82, 2.24) is 8.75 Å². The van der Waals surface area contributed by atoms with Gasteiger partial charge in [0.1, 0.15) is 23.5 Å². The first-order chi connectivity index (χ1) is 11.6. The number of carbonyl (C=O) groups is 2. The van der Waals surface area contributed by atoms with E-state index in [0.29, 0.717) is 16.7 Å². The van der Waals surface area contributed by atoms with Crippen LogP contribution >= 0.6 is 11.7 Å². The number of rotatable bonds is 3. The summed E-state index contributed by atoms with van der Waals surface area (Å²) in [6.07, 6.45) is 0. The third-order valence-corrected chi connectivity index (χ3v) is 4.25. The number of methoxy groups -OCH3 is 2. The predicted molar refractivity (Wildman–Crippen MR) is 86.5 cm³/mol. The average molecular weight is 349 g/mol.